The number of aliphatic hydroxyl groups is 1. The number of aromatic nitrogens is 1. The van der Waals surface area contributed by atoms with Gasteiger partial charge in [0.25, 0.3) is 5.91 Å². The Labute approximate surface area is 121 Å². The Hall–Kier alpha value is -2.11. The number of nitrogens with zero attached hydrogens (tertiary/aromatic N) is 1. The Morgan fingerprint density at radius 3 is 2.70 bits per heavy atom. The van der Waals surface area contributed by atoms with Crippen LogP contribution in [0.3, 0.4) is 0 Å². The average Bonchev–Trinajstić information content (AvgIpc) is 2.46. The molecule has 0 aliphatic rings. The van der Waals surface area contributed by atoms with Crippen LogP contribution in [-0.4, -0.2) is 22.5 Å². The molecule has 6 heteroatoms. The number of aliphatic hydroxyl groups excluding tert-OH is 1. The van der Waals surface area contributed by atoms with Gasteiger partial charge in [-0.15, -0.1) is 0 Å². The number of primary amides is 1. The van der Waals surface area contributed by atoms with Gasteiger partial charge in [-0.1, -0.05) is 23.7 Å². The summed E-state index contributed by atoms with van der Waals surface area (Å²) in [6.07, 6.45) is 0.800. The standard InChI is InChI=1S/C14H14ClN3O2/c15-10-3-1-9(2-4-10)13(19)8-18-11-5-6-17-12(7-11)14(16)20/h1-7,13,19H,8H2,(H2,16,20)(H,17,18). The third-order valence-electron chi connectivity index (χ3n) is 2.77. The van der Waals surface area contributed by atoms with Crippen LogP contribution < -0.4 is 11.1 Å². The highest BCUT2D eigenvalue weighted by Gasteiger charge is 2.08. The molecule has 1 unspecified atom stereocenters. The van der Waals surface area contributed by atoms with Gasteiger partial charge in [0, 0.05) is 23.5 Å². The van der Waals surface area contributed by atoms with Crippen molar-refractivity contribution in [3.63, 3.8) is 0 Å². The SMILES string of the molecule is NC(=O)c1cc(NCC(O)c2ccc(Cl)cc2)ccn1. The Morgan fingerprint density at radius 1 is 1.35 bits per heavy atom. The van der Waals surface area contributed by atoms with Crippen molar-refractivity contribution in [1.29, 1.82) is 0 Å². The van der Waals surface area contributed by atoms with Crippen LogP contribution in [0.1, 0.15) is 22.2 Å². The fourth-order valence-corrected chi connectivity index (χ4v) is 1.82. The van der Waals surface area contributed by atoms with Gasteiger partial charge in [-0.3, -0.25) is 9.78 Å². The third kappa shape index (κ3) is 3.69. The summed E-state index contributed by atoms with van der Waals surface area (Å²) < 4.78 is 0. The summed E-state index contributed by atoms with van der Waals surface area (Å²) in [4.78, 5) is 14.9. The molecule has 0 saturated heterocycles. The summed E-state index contributed by atoms with van der Waals surface area (Å²) in [7, 11) is 0. The van der Waals surface area contributed by atoms with Gasteiger partial charge >= 0.3 is 0 Å². The van der Waals surface area contributed by atoms with Gasteiger partial charge in [0.15, 0.2) is 0 Å². The summed E-state index contributed by atoms with van der Waals surface area (Å²) in [5.41, 5.74) is 6.75. The van der Waals surface area contributed by atoms with Crippen LogP contribution in [0.5, 0.6) is 0 Å². The van der Waals surface area contributed by atoms with E-state index in [-0.39, 0.29) is 5.69 Å². The molecule has 1 aromatic heterocycles. The fraction of sp³-hybridized carbons (Fsp3) is 0.143. The second-order valence-electron chi connectivity index (χ2n) is 4.24. The zero-order valence-electron chi connectivity index (χ0n) is 10.6. The molecule has 0 bridgehead atoms. The lowest BCUT2D eigenvalue weighted by Crippen LogP contribution is -2.15. The second kappa shape index (κ2) is 6.36. The average molecular weight is 292 g/mol. The smallest absolute Gasteiger partial charge is 0.267 e. The van der Waals surface area contributed by atoms with Crippen molar-refractivity contribution in [2.45, 2.75) is 6.10 Å². The molecule has 0 aliphatic heterocycles. The van der Waals surface area contributed by atoms with Crippen molar-refractivity contribution in [2.24, 2.45) is 5.73 Å². The van der Waals surface area contributed by atoms with Crippen molar-refractivity contribution >= 4 is 23.2 Å². The van der Waals surface area contributed by atoms with Crippen LogP contribution >= 0.6 is 11.6 Å². The predicted octanol–water partition coefficient (Wildman–Crippen LogP) is 1.98. The van der Waals surface area contributed by atoms with Gasteiger partial charge in [0.05, 0.1) is 6.10 Å². The molecule has 0 spiro atoms. The van der Waals surface area contributed by atoms with Crippen molar-refractivity contribution in [2.75, 3.05) is 11.9 Å². The zero-order chi connectivity index (χ0) is 14.5. The monoisotopic (exact) mass is 291 g/mol. The molecule has 20 heavy (non-hydrogen) atoms. The lowest BCUT2D eigenvalue weighted by Gasteiger charge is -2.13. The minimum absolute atomic E-state index is 0.177. The number of amides is 1. The number of carbonyl (C=O) groups excluding carboxylic acids is 1. The van der Waals surface area contributed by atoms with Crippen LogP contribution in [0.15, 0.2) is 42.6 Å². The number of pyridine rings is 1. The number of benzene rings is 1. The van der Waals surface area contributed by atoms with Crippen LogP contribution in [-0.2, 0) is 0 Å². The van der Waals surface area contributed by atoms with E-state index < -0.39 is 12.0 Å². The molecule has 0 aliphatic carbocycles. The maximum absolute atomic E-state index is 11.0. The van der Waals surface area contributed by atoms with Gasteiger partial charge in [-0.05, 0) is 29.8 Å². The molecule has 0 saturated carbocycles. The molecular weight excluding hydrogens is 278 g/mol. The number of nitrogens with two attached hydrogens (primary N) is 1. The summed E-state index contributed by atoms with van der Waals surface area (Å²) >= 11 is 5.79. The maximum atomic E-state index is 11.0. The van der Waals surface area contributed by atoms with E-state index in [0.29, 0.717) is 17.3 Å². The Kier molecular flexibility index (Phi) is 4.55. The summed E-state index contributed by atoms with van der Waals surface area (Å²) in [5, 5.41) is 13.7. The molecule has 5 nitrogen and oxygen atoms in total. The highest BCUT2D eigenvalue weighted by Crippen LogP contribution is 2.17. The molecule has 1 heterocycles. The van der Waals surface area contributed by atoms with E-state index in [9.17, 15) is 9.90 Å². The molecule has 1 atom stereocenters. The van der Waals surface area contributed by atoms with Gasteiger partial charge < -0.3 is 16.2 Å². The Balaban J connectivity index is 1.99. The lowest BCUT2D eigenvalue weighted by atomic mass is 10.1. The maximum Gasteiger partial charge on any atom is 0.267 e. The van der Waals surface area contributed by atoms with Gasteiger partial charge in [0.1, 0.15) is 5.69 Å². The molecule has 0 fully saturated rings. The van der Waals surface area contributed by atoms with Gasteiger partial charge in [-0.2, -0.15) is 0 Å². The minimum Gasteiger partial charge on any atom is -0.387 e. The predicted molar refractivity (Wildman–Crippen MR) is 77.7 cm³/mol. The van der Waals surface area contributed by atoms with E-state index >= 15 is 0 Å². The zero-order valence-corrected chi connectivity index (χ0v) is 11.3. The number of anilines is 1. The first-order valence-electron chi connectivity index (χ1n) is 5.99. The largest absolute Gasteiger partial charge is 0.387 e. The number of halogens is 1. The first kappa shape index (κ1) is 14.3. The van der Waals surface area contributed by atoms with E-state index in [1.807, 2.05) is 0 Å². The quantitative estimate of drug-likeness (QED) is 0.786. The molecule has 2 rings (SSSR count). The molecule has 1 amide bonds. The Bertz CT molecular complexity index is 602. The van der Waals surface area contributed by atoms with Crippen LogP contribution in [0.2, 0.25) is 5.02 Å². The number of rotatable bonds is 5. The van der Waals surface area contributed by atoms with E-state index in [1.54, 1.807) is 30.3 Å². The first-order valence-corrected chi connectivity index (χ1v) is 6.37. The van der Waals surface area contributed by atoms with E-state index in [1.165, 1.54) is 12.3 Å². The van der Waals surface area contributed by atoms with E-state index in [2.05, 4.69) is 10.3 Å². The second-order valence-corrected chi connectivity index (χ2v) is 4.68. The van der Waals surface area contributed by atoms with Crippen LogP contribution in [0.25, 0.3) is 0 Å². The molecular formula is C14H14ClN3O2. The normalized spacial score (nSPS) is 11.9. The van der Waals surface area contributed by atoms with E-state index in [0.717, 1.165) is 5.56 Å². The topological polar surface area (TPSA) is 88.2 Å². The van der Waals surface area contributed by atoms with E-state index in [4.69, 9.17) is 17.3 Å². The highest BCUT2D eigenvalue weighted by atomic mass is 35.5. The van der Waals surface area contributed by atoms with Gasteiger partial charge in [-0.25, -0.2) is 0 Å². The lowest BCUT2D eigenvalue weighted by molar-refractivity contribution is 0.0995. The number of nitrogens with one attached hydrogen (secondary N) is 1. The highest BCUT2D eigenvalue weighted by molar-refractivity contribution is 6.30. The molecule has 0 radical (unpaired) electrons. The number of hydrogen-bond acceptors (Lipinski definition) is 4. The van der Waals surface area contributed by atoms with Crippen LogP contribution in [0, 0.1) is 0 Å². The number of hydrogen-bond donors (Lipinski definition) is 3. The molecule has 1 aromatic carbocycles. The number of carbonyl (C=O) groups is 1. The Morgan fingerprint density at radius 2 is 2.05 bits per heavy atom. The van der Waals surface area contributed by atoms with Crippen LogP contribution in [0.4, 0.5) is 5.69 Å². The van der Waals surface area contributed by atoms with Crippen molar-refractivity contribution in [3.05, 3.63) is 58.9 Å². The minimum atomic E-state index is -0.683. The summed E-state index contributed by atoms with van der Waals surface area (Å²) in [6.45, 7) is 0.295. The molecule has 2 aromatic rings. The van der Waals surface area contributed by atoms with Gasteiger partial charge in [0.2, 0.25) is 0 Å². The first-order chi connectivity index (χ1) is 9.56. The third-order valence-corrected chi connectivity index (χ3v) is 3.02. The molecule has 4 N–H and O–H groups in total. The van der Waals surface area contributed by atoms with Crippen molar-refractivity contribution in [1.82, 2.24) is 4.98 Å². The van der Waals surface area contributed by atoms with Crippen molar-refractivity contribution < 1.29 is 9.90 Å². The summed E-state index contributed by atoms with van der Waals surface area (Å²) in [5.74, 6) is -0.591. The van der Waals surface area contributed by atoms with Crippen molar-refractivity contribution in [3.8, 4) is 0 Å². The molecule has 104 valence electrons. The fourth-order valence-electron chi connectivity index (χ4n) is 1.69. The summed E-state index contributed by atoms with van der Waals surface area (Å²) in [6, 6.07) is 10.2.